The van der Waals surface area contributed by atoms with Gasteiger partial charge in [-0.05, 0) is 19.9 Å². The third kappa shape index (κ3) is 3.65. The molecule has 25 heavy (non-hydrogen) atoms. The molecule has 0 spiro atoms. The summed E-state index contributed by atoms with van der Waals surface area (Å²) >= 11 is 1.64. The van der Waals surface area contributed by atoms with Crippen molar-refractivity contribution in [2.75, 3.05) is 25.0 Å². The van der Waals surface area contributed by atoms with Crippen molar-refractivity contribution in [3.8, 4) is 0 Å². The molecule has 0 amide bonds. The Morgan fingerprint density at radius 1 is 1.28 bits per heavy atom. The number of fused-ring (bicyclic) bond motifs is 2. The molecule has 0 bridgehead atoms. The maximum atomic E-state index is 5.51. The summed E-state index contributed by atoms with van der Waals surface area (Å²) in [5.74, 6) is 1.66. The van der Waals surface area contributed by atoms with Crippen molar-refractivity contribution < 1.29 is 4.74 Å². The van der Waals surface area contributed by atoms with Gasteiger partial charge in [-0.15, -0.1) is 11.3 Å². The first-order valence-corrected chi connectivity index (χ1v) is 9.53. The summed E-state index contributed by atoms with van der Waals surface area (Å²) in [5, 5.41) is 8.95. The van der Waals surface area contributed by atoms with Crippen LogP contribution in [0.2, 0.25) is 0 Å². The fraction of sp³-hybridized carbons (Fsp3) is 0.471. The van der Waals surface area contributed by atoms with Gasteiger partial charge in [0.15, 0.2) is 10.8 Å². The second kappa shape index (κ2) is 7.47. The van der Waals surface area contributed by atoms with Gasteiger partial charge < -0.3 is 15.4 Å². The van der Waals surface area contributed by atoms with Crippen LogP contribution < -0.4 is 10.6 Å². The van der Waals surface area contributed by atoms with Crippen molar-refractivity contribution in [1.29, 1.82) is 0 Å². The molecular formula is C17H22N6OS. The van der Waals surface area contributed by atoms with E-state index in [2.05, 4.69) is 21.8 Å². The van der Waals surface area contributed by atoms with Gasteiger partial charge in [0.05, 0.1) is 17.9 Å². The van der Waals surface area contributed by atoms with E-state index < -0.39 is 0 Å². The molecule has 1 aliphatic rings. The Kier molecular flexibility index (Phi) is 4.91. The molecule has 0 unspecified atom stereocenters. The molecule has 0 saturated heterocycles. The molecule has 0 radical (unpaired) electrons. The van der Waals surface area contributed by atoms with Crippen LogP contribution in [0.5, 0.6) is 0 Å². The minimum absolute atomic E-state index is 0.450. The van der Waals surface area contributed by atoms with Crippen LogP contribution in [0.1, 0.15) is 29.7 Å². The number of aromatic nitrogens is 4. The lowest BCUT2D eigenvalue weighted by atomic mass is 10.1. The van der Waals surface area contributed by atoms with E-state index in [1.165, 1.54) is 5.56 Å². The van der Waals surface area contributed by atoms with Crippen LogP contribution in [0.25, 0.3) is 4.96 Å². The first-order valence-electron chi connectivity index (χ1n) is 8.65. The molecule has 4 rings (SSSR count). The predicted molar refractivity (Wildman–Crippen MR) is 98.0 cm³/mol. The molecule has 3 aromatic rings. The number of anilines is 1. The third-order valence-electron chi connectivity index (χ3n) is 4.24. The smallest absolute Gasteiger partial charge is 0.193 e. The largest absolute Gasteiger partial charge is 0.374 e. The maximum absolute atomic E-state index is 5.51. The topological polar surface area (TPSA) is 76.4 Å². The van der Waals surface area contributed by atoms with Crippen LogP contribution in [-0.2, 0) is 30.7 Å². The van der Waals surface area contributed by atoms with Gasteiger partial charge in [0.1, 0.15) is 12.4 Å². The SMILES string of the molecule is CCOCc1nc2c(c(NCc3cn4ccsc4n3)n1)CCNCC2. The van der Waals surface area contributed by atoms with Crippen LogP contribution in [0, 0.1) is 0 Å². The van der Waals surface area contributed by atoms with Gasteiger partial charge >= 0.3 is 0 Å². The zero-order valence-electron chi connectivity index (χ0n) is 14.3. The average molecular weight is 358 g/mol. The Morgan fingerprint density at radius 3 is 3.08 bits per heavy atom. The lowest BCUT2D eigenvalue weighted by Crippen LogP contribution is -2.16. The second-order valence-electron chi connectivity index (χ2n) is 5.98. The fourth-order valence-electron chi connectivity index (χ4n) is 3.04. The number of nitrogens with one attached hydrogen (secondary N) is 2. The van der Waals surface area contributed by atoms with Crippen molar-refractivity contribution in [2.24, 2.45) is 0 Å². The van der Waals surface area contributed by atoms with E-state index in [1.807, 2.05) is 22.9 Å². The van der Waals surface area contributed by atoms with Gasteiger partial charge in [-0.25, -0.2) is 15.0 Å². The van der Waals surface area contributed by atoms with Gasteiger partial charge in [0.25, 0.3) is 0 Å². The van der Waals surface area contributed by atoms with Gasteiger partial charge in [0.2, 0.25) is 0 Å². The van der Waals surface area contributed by atoms with Crippen molar-refractivity contribution in [1.82, 2.24) is 24.7 Å². The summed E-state index contributed by atoms with van der Waals surface area (Å²) in [5.41, 5.74) is 3.35. The Balaban J connectivity index is 1.58. The number of imidazole rings is 1. The molecule has 1 aliphatic heterocycles. The summed E-state index contributed by atoms with van der Waals surface area (Å²) in [4.78, 5) is 15.1. The highest BCUT2D eigenvalue weighted by atomic mass is 32.1. The monoisotopic (exact) mass is 358 g/mol. The zero-order valence-corrected chi connectivity index (χ0v) is 15.1. The zero-order chi connectivity index (χ0) is 17.1. The first kappa shape index (κ1) is 16.4. The summed E-state index contributed by atoms with van der Waals surface area (Å²) < 4.78 is 7.55. The Labute approximate surface area is 150 Å². The number of ether oxygens (including phenoxy) is 1. The predicted octanol–water partition coefficient (Wildman–Crippen LogP) is 2.02. The van der Waals surface area contributed by atoms with E-state index in [4.69, 9.17) is 14.7 Å². The molecule has 8 heteroatoms. The standard InChI is InChI=1S/C17H22N6OS/c1-2-24-11-15-21-14-4-6-18-5-3-13(14)16(22-15)19-9-12-10-23-7-8-25-17(23)20-12/h7-8,10,18H,2-6,9,11H2,1H3,(H,19,21,22). The summed E-state index contributed by atoms with van der Waals surface area (Å²) in [6.07, 6.45) is 5.94. The highest BCUT2D eigenvalue weighted by Gasteiger charge is 2.17. The number of hydrogen-bond acceptors (Lipinski definition) is 7. The van der Waals surface area contributed by atoms with E-state index in [1.54, 1.807) is 11.3 Å². The summed E-state index contributed by atoms with van der Waals surface area (Å²) in [6, 6.07) is 0. The average Bonchev–Trinajstić information content (AvgIpc) is 3.12. The molecule has 0 saturated carbocycles. The Morgan fingerprint density at radius 2 is 2.20 bits per heavy atom. The highest BCUT2D eigenvalue weighted by Crippen LogP contribution is 2.21. The van der Waals surface area contributed by atoms with E-state index >= 15 is 0 Å². The lowest BCUT2D eigenvalue weighted by Gasteiger charge is -2.14. The third-order valence-corrected chi connectivity index (χ3v) is 5.02. The van der Waals surface area contributed by atoms with Crippen molar-refractivity contribution in [2.45, 2.75) is 32.9 Å². The van der Waals surface area contributed by atoms with E-state index in [0.29, 0.717) is 19.8 Å². The highest BCUT2D eigenvalue weighted by molar-refractivity contribution is 7.15. The van der Waals surface area contributed by atoms with Gasteiger partial charge in [-0.1, -0.05) is 0 Å². The van der Waals surface area contributed by atoms with Crippen molar-refractivity contribution in [3.63, 3.8) is 0 Å². The van der Waals surface area contributed by atoms with Crippen LogP contribution >= 0.6 is 11.3 Å². The Hall–Kier alpha value is -2.03. The number of rotatable bonds is 6. The second-order valence-corrected chi connectivity index (χ2v) is 6.85. The minimum Gasteiger partial charge on any atom is -0.374 e. The number of nitrogens with zero attached hydrogens (tertiary/aromatic N) is 4. The number of hydrogen-bond donors (Lipinski definition) is 2. The van der Waals surface area contributed by atoms with E-state index in [9.17, 15) is 0 Å². The molecule has 0 atom stereocenters. The van der Waals surface area contributed by atoms with E-state index in [0.717, 1.165) is 53.9 Å². The summed E-state index contributed by atoms with van der Waals surface area (Å²) in [7, 11) is 0. The molecule has 0 aromatic carbocycles. The molecule has 4 heterocycles. The van der Waals surface area contributed by atoms with Crippen molar-refractivity contribution >= 4 is 22.1 Å². The minimum atomic E-state index is 0.450. The van der Waals surface area contributed by atoms with Gasteiger partial charge in [0, 0.05) is 42.9 Å². The Bertz CT molecular complexity index is 830. The van der Waals surface area contributed by atoms with Crippen LogP contribution in [-0.4, -0.2) is 39.0 Å². The lowest BCUT2D eigenvalue weighted by molar-refractivity contribution is 0.128. The molecule has 132 valence electrons. The molecule has 7 nitrogen and oxygen atoms in total. The molecule has 0 fully saturated rings. The van der Waals surface area contributed by atoms with Crippen LogP contribution in [0.4, 0.5) is 5.82 Å². The molecular weight excluding hydrogens is 336 g/mol. The van der Waals surface area contributed by atoms with E-state index in [-0.39, 0.29) is 0 Å². The maximum Gasteiger partial charge on any atom is 0.193 e. The normalized spacial score (nSPS) is 14.4. The molecule has 2 N–H and O–H groups in total. The quantitative estimate of drug-likeness (QED) is 0.702. The molecule has 3 aromatic heterocycles. The molecule has 0 aliphatic carbocycles. The summed E-state index contributed by atoms with van der Waals surface area (Å²) in [6.45, 7) is 5.66. The van der Waals surface area contributed by atoms with Gasteiger partial charge in [-0.3, -0.25) is 4.40 Å². The first-order chi connectivity index (χ1) is 12.3. The van der Waals surface area contributed by atoms with Crippen LogP contribution in [0.3, 0.4) is 0 Å². The van der Waals surface area contributed by atoms with Gasteiger partial charge in [-0.2, -0.15) is 0 Å². The fourth-order valence-corrected chi connectivity index (χ4v) is 3.75. The van der Waals surface area contributed by atoms with Crippen LogP contribution in [0.15, 0.2) is 17.8 Å². The number of thiazole rings is 1. The van der Waals surface area contributed by atoms with Crippen molar-refractivity contribution in [3.05, 3.63) is 40.5 Å².